The van der Waals surface area contributed by atoms with Crippen LogP contribution in [-0.2, 0) is 9.53 Å². The molecule has 4 nitrogen and oxygen atoms in total. The lowest BCUT2D eigenvalue weighted by atomic mass is 10.2. The lowest BCUT2D eigenvalue weighted by molar-refractivity contribution is -0.153. The number of aliphatic hydroxyl groups excluding tert-OH is 1. The predicted octanol–water partition coefficient (Wildman–Crippen LogP) is 0.876. The van der Waals surface area contributed by atoms with Crippen molar-refractivity contribution < 1.29 is 19.1 Å². The largest absolute Gasteiger partial charge is 0.472 e. The van der Waals surface area contributed by atoms with Gasteiger partial charge in [0, 0.05) is 5.56 Å². The van der Waals surface area contributed by atoms with Gasteiger partial charge in [0.25, 0.3) is 0 Å². The van der Waals surface area contributed by atoms with E-state index in [1.54, 1.807) is 6.92 Å². The molecular weight excluding hydrogens is 160 g/mol. The van der Waals surface area contributed by atoms with Crippen LogP contribution in [0.2, 0.25) is 0 Å². The van der Waals surface area contributed by atoms with E-state index >= 15 is 0 Å². The quantitative estimate of drug-likeness (QED) is 0.684. The monoisotopic (exact) mass is 170 g/mol. The molecule has 66 valence electrons. The molecule has 0 radical (unpaired) electrons. The van der Waals surface area contributed by atoms with Crippen LogP contribution < -0.4 is 0 Å². The normalized spacial score (nSPS) is 12.5. The number of hydrogen-bond donors (Lipinski definition) is 1. The highest BCUT2D eigenvalue weighted by Gasteiger charge is 2.18. The smallest absolute Gasteiger partial charge is 0.339 e. The number of carbonyl (C=O) groups excluding carboxylic acids is 1. The molecule has 1 rings (SSSR count). The van der Waals surface area contributed by atoms with E-state index in [-0.39, 0.29) is 6.61 Å². The SMILES string of the molecule is CCOC(=O)[C@@H](O)c1ccoc1. The van der Waals surface area contributed by atoms with E-state index in [2.05, 4.69) is 4.74 Å². The fourth-order valence-corrected chi connectivity index (χ4v) is 0.788. The van der Waals surface area contributed by atoms with Gasteiger partial charge >= 0.3 is 5.97 Å². The highest BCUT2D eigenvalue weighted by molar-refractivity contribution is 5.75. The molecule has 0 bridgehead atoms. The second-order valence-electron chi connectivity index (χ2n) is 2.21. The number of aliphatic hydroxyl groups is 1. The summed E-state index contributed by atoms with van der Waals surface area (Å²) in [4.78, 5) is 10.9. The number of carbonyl (C=O) groups is 1. The average Bonchev–Trinajstić information content (AvgIpc) is 2.55. The van der Waals surface area contributed by atoms with Gasteiger partial charge in [-0.15, -0.1) is 0 Å². The molecule has 0 amide bonds. The van der Waals surface area contributed by atoms with E-state index in [1.165, 1.54) is 18.6 Å². The van der Waals surface area contributed by atoms with E-state index in [0.29, 0.717) is 5.56 Å². The van der Waals surface area contributed by atoms with E-state index in [1.807, 2.05) is 0 Å². The van der Waals surface area contributed by atoms with Crippen molar-refractivity contribution in [3.63, 3.8) is 0 Å². The Morgan fingerprint density at radius 1 is 1.83 bits per heavy atom. The maximum atomic E-state index is 10.9. The van der Waals surface area contributed by atoms with Crippen molar-refractivity contribution in [1.29, 1.82) is 0 Å². The number of hydrogen-bond acceptors (Lipinski definition) is 4. The molecule has 12 heavy (non-hydrogen) atoms. The van der Waals surface area contributed by atoms with Gasteiger partial charge in [-0.1, -0.05) is 0 Å². The lowest BCUT2D eigenvalue weighted by Gasteiger charge is -2.05. The molecule has 0 aliphatic rings. The van der Waals surface area contributed by atoms with Crippen LogP contribution in [-0.4, -0.2) is 17.7 Å². The first-order valence-corrected chi connectivity index (χ1v) is 3.62. The number of rotatable bonds is 3. The highest BCUT2D eigenvalue weighted by Crippen LogP contribution is 2.14. The Morgan fingerprint density at radius 2 is 2.58 bits per heavy atom. The number of esters is 1. The number of ether oxygens (including phenoxy) is 1. The van der Waals surface area contributed by atoms with Crippen LogP contribution in [0.25, 0.3) is 0 Å². The maximum absolute atomic E-state index is 10.9. The van der Waals surface area contributed by atoms with E-state index < -0.39 is 12.1 Å². The van der Waals surface area contributed by atoms with Gasteiger partial charge in [-0.05, 0) is 13.0 Å². The summed E-state index contributed by atoms with van der Waals surface area (Å²) in [6, 6.07) is 1.52. The first-order chi connectivity index (χ1) is 5.75. The fraction of sp³-hybridized carbons (Fsp3) is 0.375. The molecule has 1 atom stereocenters. The Balaban J connectivity index is 2.59. The third kappa shape index (κ3) is 1.85. The molecule has 1 aromatic rings. The highest BCUT2D eigenvalue weighted by atomic mass is 16.5. The van der Waals surface area contributed by atoms with Gasteiger partial charge in [0.15, 0.2) is 6.10 Å². The van der Waals surface area contributed by atoms with Crippen molar-refractivity contribution >= 4 is 5.97 Å². The standard InChI is InChI=1S/C8H10O4/c1-2-12-8(10)7(9)6-3-4-11-5-6/h3-5,7,9H,2H2,1H3/t7-/m0/s1. The zero-order chi connectivity index (χ0) is 8.97. The van der Waals surface area contributed by atoms with Crippen molar-refractivity contribution in [2.24, 2.45) is 0 Å². The van der Waals surface area contributed by atoms with Crippen molar-refractivity contribution in [3.8, 4) is 0 Å². The average molecular weight is 170 g/mol. The van der Waals surface area contributed by atoms with Gasteiger partial charge in [0.1, 0.15) is 0 Å². The van der Waals surface area contributed by atoms with Crippen molar-refractivity contribution in [3.05, 3.63) is 24.2 Å². The number of furan rings is 1. The molecule has 1 heterocycles. The Labute approximate surface area is 69.8 Å². The van der Waals surface area contributed by atoms with Gasteiger partial charge in [0.2, 0.25) is 0 Å². The third-order valence-electron chi connectivity index (χ3n) is 1.37. The van der Waals surface area contributed by atoms with Crippen LogP contribution >= 0.6 is 0 Å². The lowest BCUT2D eigenvalue weighted by Crippen LogP contribution is -2.14. The fourth-order valence-electron chi connectivity index (χ4n) is 0.788. The molecular formula is C8H10O4. The molecule has 0 aliphatic heterocycles. The van der Waals surface area contributed by atoms with Gasteiger partial charge in [-0.2, -0.15) is 0 Å². The third-order valence-corrected chi connectivity index (χ3v) is 1.37. The summed E-state index contributed by atoms with van der Waals surface area (Å²) in [7, 11) is 0. The summed E-state index contributed by atoms with van der Waals surface area (Å²) < 4.78 is 9.29. The zero-order valence-electron chi connectivity index (χ0n) is 6.69. The zero-order valence-corrected chi connectivity index (χ0v) is 6.69. The van der Waals surface area contributed by atoms with Crippen LogP contribution in [0.3, 0.4) is 0 Å². The molecule has 0 saturated heterocycles. The molecule has 0 unspecified atom stereocenters. The van der Waals surface area contributed by atoms with Crippen LogP contribution in [0.15, 0.2) is 23.0 Å². The van der Waals surface area contributed by atoms with Crippen molar-refractivity contribution in [2.45, 2.75) is 13.0 Å². The van der Waals surface area contributed by atoms with Gasteiger partial charge in [0.05, 0.1) is 19.1 Å². The summed E-state index contributed by atoms with van der Waals surface area (Å²) in [6.07, 6.45) is 1.46. The molecule has 0 aromatic carbocycles. The summed E-state index contributed by atoms with van der Waals surface area (Å²) >= 11 is 0. The van der Waals surface area contributed by atoms with Gasteiger partial charge < -0.3 is 14.3 Å². The second-order valence-corrected chi connectivity index (χ2v) is 2.21. The molecule has 0 fully saturated rings. The van der Waals surface area contributed by atoms with E-state index in [9.17, 15) is 9.90 Å². The maximum Gasteiger partial charge on any atom is 0.339 e. The first kappa shape index (κ1) is 8.80. The summed E-state index contributed by atoms with van der Waals surface area (Å²) in [5.74, 6) is -0.654. The van der Waals surface area contributed by atoms with E-state index in [4.69, 9.17) is 4.42 Å². The summed E-state index contributed by atoms with van der Waals surface area (Å²) in [5, 5.41) is 9.27. The molecule has 1 aromatic heterocycles. The predicted molar refractivity (Wildman–Crippen MR) is 40.3 cm³/mol. The second kappa shape index (κ2) is 3.92. The first-order valence-electron chi connectivity index (χ1n) is 3.62. The van der Waals surface area contributed by atoms with Crippen LogP contribution in [0.1, 0.15) is 18.6 Å². The van der Waals surface area contributed by atoms with Crippen molar-refractivity contribution in [2.75, 3.05) is 6.61 Å². The molecule has 0 aliphatic carbocycles. The van der Waals surface area contributed by atoms with Crippen LogP contribution in [0.5, 0.6) is 0 Å². The Kier molecular flexibility index (Phi) is 2.88. The Bertz CT molecular complexity index is 240. The Hall–Kier alpha value is -1.29. The van der Waals surface area contributed by atoms with Gasteiger partial charge in [-0.3, -0.25) is 0 Å². The summed E-state index contributed by atoms with van der Waals surface area (Å²) in [6.45, 7) is 1.94. The molecule has 1 N–H and O–H groups in total. The van der Waals surface area contributed by atoms with Crippen molar-refractivity contribution in [1.82, 2.24) is 0 Å². The van der Waals surface area contributed by atoms with E-state index in [0.717, 1.165) is 0 Å². The van der Waals surface area contributed by atoms with Gasteiger partial charge in [-0.25, -0.2) is 4.79 Å². The van der Waals surface area contributed by atoms with Crippen LogP contribution in [0, 0.1) is 0 Å². The minimum atomic E-state index is -1.23. The minimum Gasteiger partial charge on any atom is -0.472 e. The minimum absolute atomic E-state index is 0.258. The Morgan fingerprint density at radius 3 is 3.08 bits per heavy atom. The molecule has 0 spiro atoms. The molecule has 4 heteroatoms. The summed E-state index contributed by atoms with van der Waals surface area (Å²) in [5.41, 5.74) is 0.411. The molecule has 0 saturated carbocycles. The topological polar surface area (TPSA) is 59.7 Å². The van der Waals surface area contributed by atoms with Crippen LogP contribution in [0.4, 0.5) is 0 Å².